The van der Waals surface area contributed by atoms with Gasteiger partial charge < -0.3 is 14.7 Å². The topological polar surface area (TPSA) is 122 Å². The minimum Gasteiger partial charge on any atom is -0.476 e. The van der Waals surface area contributed by atoms with Crippen LogP contribution in [0.15, 0.2) is 18.5 Å². The van der Waals surface area contributed by atoms with E-state index in [9.17, 15) is 9.90 Å². The number of aromatic carboxylic acids is 1. The summed E-state index contributed by atoms with van der Waals surface area (Å²) in [6, 6.07) is 1.75. The summed E-state index contributed by atoms with van der Waals surface area (Å²) >= 11 is 0. The van der Waals surface area contributed by atoms with Crippen molar-refractivity contribution in [2.24, 2.45) is 0 Å². The summed E-state index contributed by atoms with van der Waals surface area (Å²) in [6.07, 6.45) is 2.61. The molecule has 1 saturated heterocycles. The molecule has 0 bridgehead atoms. The van der Waals surface area contributed by atoms with E-state index >= 15 is 0 Å². The maximum Gasteiger partial charge on any atom is 0.356 e. The largest absolute Gasteiger partial charge is 0.476 e. The lowest BCUT2D eigenvalue weighted by atomic mass is 10.2. The van der Waals surface area contributed by atoms with Gasteiger partial charge in [0.15, 0.2) is 17.3 Å². The van der Waals surface area contributed by atoms with Crippen molar-refractivity contribution in [3.8, 4) is 0 Å². The number of hydrogen-bond acceptors (Lipinski definition) is 7. The van der Waals surface area contributed by atoms with Gasteiger partial charge in [-0.25, -0.2) is 19.3 Å². The molecule has 10 heteroatoms. The smallest absolute Gasteiger partial charge is 0.356 e. The number of anilines is 1. The van der Waals surface area contributed by atoms with Crippen molar-refractivity contribution in [2.75, 3.05) is 24.6 Å². The van der Waals surface area contributed by atoms with E-state index in [-0.39, 0.29) is 11.8 Å². The number of ether oxygens (including phenoxy) is 1. The fourth-order valence-electron chi connectivity index (χ4n) is 2.80. The molecule has 1 atom stereocenters. The van der Waals surface area contributed by atoms with Gasteiger partial charge in [-0.15, -0.1) is 0 Å². The van der Waals surface area contributed by atoms with Crippen molar-refractivity contribution in [3.63, 3.8) is 0 Å². The Kier molecular flexibility index (Phi) is 3.38. The van der Waals surface area contributed by atoms with Crippen LogP contribution < -0.4 is 4.90 Å². The predicted octanol–water partition coefficient (Wildman–Crippen LogP) is 0.432. The van der Waals surface area contributed by atoms with Gasteiger partial charge >= 0.3 is 5.97 Å². The summed E-state index contributed by atoms with van der Waals surface area (Å²) in [5.41, 5.74) is 0.662. The molecule has 10 nitrogen and oxygen atoms in total. The van der Waals surface area contributed by atoms with Gasteiger partial charge in [-0.1, -0.05) is 0 Å². The maximum atomic E-state index is 11.3. The minimum atomic E-state index is -1.07. The second-order valence-electron chi connectivity index (χ2n) is 5.48. The third-order valence-corrected chi connectivity index (χ3v) is 3.90. The van der Waals surface area contributed by atoms with E-state index in [1.54, 1.807) is 12.3 Å². The van der Waals surface area contributed by atoms with Crippen LogP contribution in [0.5, 0.6) is 0 Å². The van der Waals surface area contributed by atoms with Gasteiger partial charge in [-0.3, -0.25) is 5.10 Å². The molecule has 1 aliphatic rings. The van der Waals surface area contributed by atoms with Crippen molar-refractivity contribution >= 4 is 17.3 Å². The predicted molar refractivity (Wildman–Crippen MR) is 82.0 cm³/mol. The molecule has 0 amide bonds. The second kappa shape index (κ2) is 5.57. The summed E-state index contributed by atoms with van der Waals surface area (Å²) in [6.45, 7) is 3.50. The lowest BCUT2D eigenvalue weighted by Gasteiger charge is -2.32. The Balaban J connectivity index is 1.68. The van der Waals surface area contributed by atoms with Crippen LogP contribution in [0.3, 0.4) is 0 Å². The van der Waals surface area contributed by atoms with Crippen LogP contribution in [-0.2, 0) is 4.74 Å². The number of carboxylic acids is 1. The number of aromatic amines is 1. The maximum absolute atomic E-state index is 11.3. The van der Waals surface area contributed by atoms with Crippen LogP contribution in [0.1, 0.15) is 28.2 Å². The molecule has 4 rings (SSSR count). The number of carboxylic acid groups (broad SMARTS) is 1. The number of H-pyrrole nitrogens is 1. The first-order valence-electron chi connectivity index (χ1n) is 7.45. The molecule has 0 spiro atoms. The van der Waals surface area contributed by atoms with Gasteiger partial charge in [-0.05, 0) is 13.0 Å². The van der Waals surface area contributed by atoms with Crippen molar-refractivity contribution in [3.05, 3.63) is 35.8 Å². The molecule has 1 aliphatic heterocycles. The molecule has 3 aromatic heterocycles. The number of aryl methyl sites for hydroxylation is 1. The van der Waals surface area contributed by atoms with Crippen LogP contribution in [0.2, 0.25) is 0 Å². The van der Waals surface area contributed by atoms with Crippen molar-refractivity contribution < 1.29 is 14.6 Å². The van der Waals surface area contributed by atoms with Crippen LogP contribution in [0.25, 0.3) is 5.52 Å². The van der Waals surface area contributed by atoms with Gasteiger partial charge in [-0.2, -0.15) is 10.2 Å². The Morgan fingerprint density at radius 3 is 3.12 bits per heavy atom. The monoisotopic (exact) mass is 329 g/mol. The SMILES string of the molecule is Cc1nc(C2CN(c3ncc(C(=O)O)n4nccc34)CCO2)n[nH]1. The minimum absolute atomic E-state index is 0.0214. The normalized spacial score (nSPS) is 18.2. The van der Waals surface area contributed by atoms with E-state index in [0.29, 0.717) is 36.9 Å². The van der Waals surface area contributed by atoms with Crippen LogP contribution in [-0.4, -0.2) is 60.6 Å². The number of hydrogen-bond donors (Lipinski definition) is 2. The van der Waals surface area contributed by atoms with E-state index < -0.39 is 5.97 Å². The highest BCUT2D eigenvalue weighted by atomic mass is 16.5. The number of nitrogens with one attached hydrogen (secondary N) is 1. The first-order chi connectivity index (χ1) is 11.6. The third kappa shape index (κ3) is 2.36. The number of nitrogens with zero attached hydrogens (tertiary/aromatic N) is 6. The zero-order valence-corrected chi connectivity index (χ0v) is 12.9. The highest BCUT2D eigenvalue weighted by Crippen LogP contribution is 2.26. The molecular weight excluding hydrogens is 314 g/mol. The Morgan fingerprint density at radius 2 is 2.38 bits per heavy atom. The molecule has 0 aromatic carbocycles. The second-order valence-corrected chi connectivity index (χ2v) is 5.48. The van der Waals surface area contributed by atoms with Crippen LogP contribution in [0, 0.1) is 6.92 Å². The van der Waals surface area contributed by atoms with E-state index in [4.69, 9.17) is 4.74 Å². The molecule has 0 saturated carbocycles. The first-order valence-corrected chi connectivity index (χ1v) is 7.45. The molecule has 0 aliphatic carbocycles. The molecule has 2 N–H and O–H groups in total. The molecule has 24 heavy (non-hydrogen) atoms. The molecular formula is C14H15N7O3. The van der Waals surface area contributed by atoms with Gasteiger partial charge in [0.25, 0.3) is 0 Å². The Hall–Kier alpha value is -3.01. The number of morpholine rings is 1. The zero-order valence-electron chi connectivity index (χ0n) is 12.9. The molecule has 1 fully saturated rings. The number of fused-ring (bicyclic) bond motifs is 1. The lowest BCUT2D eigenvalue weighted by Crippen LogP contribution is -2.39. The quantitative estimate of drug-likeness (QED) is 0.709. The van der Waals surface area contributed by atoms with Crippen molar-refractivity contribution in [1.82, 2.24) is 29.8 Å². The number of carbonyl (C=O) groups is 1. The molecule has 4 heterocycles. The number of rotatable bonds is 3. The highest BCUT2D eigenvalue weighted by Gasteiger charge is 2.27. The van der Waals surface area contributed by atoms with E-state index in [0.717, 1.165) is 5.82 Å². The summed E-state index contributed by atoms with van der Waals surface area (Å²) in [4.78, 5) is 22.0. The lowest BCUT2D eigenvalue weighted by molar-refractivity contribution is 0.0340. The Bertz CT molecular complexity index is 903. The summed E-state index contributed by atoms with van der Waals surface area (Å²) in [5, 5.41) is 20.3. The first kappa shape index (κ1) is 14.6. The Morgan fingerprint density at radius 1 is 1.50 bits per heavy atom. The average Bonchev–Trinajstić information content (AvgIpc) is 3.22. The van der Waals surface area contributed by atoms with Crippen LogP contribution in [0.4, 0.5) is 5.82 Å². The average molecular weight is 329 g/mol. The van der Waals surface area contributed by atoms with Gasteiger partial charge in [0.2, 0.25) is 0 Å². The van der Waals surface area contributed by atoms with Crippen molar-refractivity contribution in [2.45, 2.75) is 13.0 Å². The summed E-state index contributed by atoms with van der Waals surface area (Å²) < 4.78 is 7.13. The highest BCUT2D eigenvalue weighted by molar-refractivity contribution is 5.87. The van der Waals surface area contributed by atoms with E-state index in [1.165, 1.54) is 10.7 Å². The fraction of sp³-hybridized carbons (Fsp3) is 0.357. The standard InChI is InChI=1S/C14H15N7O3/c1-8-17-12(19-18-8)11-7-20(4-5-24-11)13-9-2-3-16-21(9)10(6-15-13)14(22)23/h2-3,6,11H,4-5,7H2,1H3,(H,22,23)(H,17,18,19). The molecule has 0 radical (unpaired) electrons. The molecule has 3 aromatic rings. The van der Waals surface area contributed by atoms with Crippen molar-refractivity contribution in [1.29, 1.82) is 0 Å². The fourth-order valence-corrected chi connectivity index (χ4v) is 2.80. The zero-order chi connectivity index (χ0) is 16.7. The number of aromatic nitrogens is 6. The Labute approximate surface area is 136 Å². The van der Waals surface area contributed by atoms with Gasteiger partial charge in [0.05, 0.1) is 25.5 Å². The van der Waals surface area contributed by atoms with Crippen LogP contribution >= 0.6 is 0 Å². The van der Waals surface area contributed by atoms with Gasteiger partial charge in [0.1, 0.15) is 17.4 Å². The molecule has 124 valence electrons. The van der Waals surface area contributed by atoms with Gasteiger partial charge in [0, 0.05) is 6.54 Å². The molecule has 1 unspecified atom stereocenters. The van der Waals surface area contributed by atoms with E-state index in [1.807, 2.05) is 11.8 Å². The third-order valence-electron chi connectivity index (χ3n) is 3.90. The van der Waals surface area contributed by atoms with E-state index in [2.05, 4.69) is 25.3 Å². The summed E-state index contributed by atoms with van der Waals surface area (Å²) in [7, 11) is 0. The summed E-state index contributed by atoms with van der Waals surface area (Å²) in [5.74, 6) is 0.925.